The topological polar surface area (TPSA) is 67.0 Å². The monoisotopic (exact) mass is 369 g/mol. The van der Waals surface area contributed by atoms with Crippen LogP contribution in [-0.4, -0.2) is 29.1 Å². The maximum absolute atomic E-state index is 12.7. The molecule has 0 saturated carbocycles. The zero-order valence-electron chi connectivity index (χ0n) is 14.3. The summed E-state index contributed by atoms with van der Waals surface area (Å²) in [6.07, 6.45) is 2.51. The fourth-order valence-corrected chi connectivity index (χ4v) is 3.47. The van der Waals surface area contributed by atoms with Gasteiger partial charge < -0.3 is 15.0 Å². The number of hydrogen-bond acceptors (Lipinski definition) is 3. The van der Waals surface area contributed by atoms with Crippen LogP contribution in [0.4, 0.5) is 5.69 Å². The highest BCUT2D eigenvalue weighted by atomic mass is 35.5. The van der Waals surface area contributed by atoms with Gasteiger partial charge in [-0.05, 0) is 49.6 Å². The molecule has 1 unspecified atom stereocenters. The van der Waals surface area contributed by atoms with Gasteiger partial charge in [0.15, 0.2) is 0 Å². The van der Waals surface area contributed by atoms with Crippen LogP contribution in [-0.2, 0) is 9.53 Å². The Balaban J connectivity index is 1.65. The first kappa shape index (κ1) is 17.1. The molecule has 0 aliphatic carbocycles. The van der Waals surface area contributed by atoms with Crippen LogP contribution in [0, 0.1) is 5.92 Å². The number of ether oxygens (including phenoxy) is 1. The summed E-state index contributed by atoms with van der Waals surface area (Å²) in [5.74, 6) is 0.681. The number of H-pyrrole nitrogens is 1. The molecule has 1 amide bonds. The molecule has 1 aliphatic rings. The number of nitrogens with one attached hydrogen (secondary N) is 2. The molecule has 0 radical (unpaired) electrons. The molecule has 1 atom stereocenters. The minimum atomic E-state index is -0.0308. The summed E-state index contributed by atoms with van der Waals surface area (Å²) in [6.45, 7) is 1.37. The first-order valence-corrected chi connectivity index (χ1v) is 9.22. The largest absolute Gasteiger partial charge is 0.381 e. The SMILES string of the molecule is O=C(Nc1ccc(Cl)cc1-c1nc2ccccc2[nH]1)C1CCCOCC1. The number of hydrogen-bond donors (Lipinski definition) is 2. The lowest BCUT2D eigenvalue weighted by Gasteiger charge is -2.15. The third-order valence-electron chi connectivity index (χ3n) is 4.71. The first-order valence-electron chi connectivity index (χ1n) is 8.84. The number of nitrogens with zero attached hydrogens (tertiary/aromatic N) is 1. The second-order valence-electron chi connectivity index (χ2n) is 6.52. The molecule has 1 aromatic heterocycles. The van der Waals surface area contributed by atoms with E-state index in [1.807, 2.05) is 36.4 Å². The minimum absolute atomic E-state index is 0.0233. The van der Waals surface area contributed by atoms with Crippen LogP contribution in [0.3, 0.4) is 0 Å². The second kappa shape index (κ2) is 7.48. The molecular weight excluding hydrogens is 350 g/mol. The zero-order chi connectivity index (χ0) is 17.9. The number of aromatic amines is 1. The van der Waals surface area contributed by atoms with Crippen LogP contribution in [0.25, 0.3) is 22.4 Å². The van der Waals surface area contributed by atoms with Crippen molar-refractivity contribution in [3.8, 4) is 11.4 Å². The van der Waals surface area contributed by atoms with Crippen molar-refractivity contribution in [3.63, 3.8) is 0 Å². The van der Waals surface area contributed by atoms with E-state index in [1.54, 1.807) is 6.07 Å². The summed E-state index contributed by atoms with van der Waals surface area (Å²) in [7, 11) is 0. The molecule has 2 heterocycles. The molecule has 0 bridgehead atoms. The van der Waals surface area contributed by atoms with E-state index in [1.165, 1.54) is 0 Å². The smallest absolute Gasteiger partial charge is 0.227 e. The van der Waals surface area contributed by atoms with E-state index in [4.69, 9.17) is 16.3 Å². The molecule has 134 valence electrons. The first-order chi connectivity index (χ1) is 12.7. The fourth-order valence-electron chi connectivity index (χ4n) is 3.30. The Kier molecular flexibility index (Phi) is 4.91. The lowest BCUT2D eigenvalue weighted by atomic mass is 9.99. The molecular formula is C20H20ClN3O2. The summed E-state index contributed by atoms with van der Waals surface area (Å²) < 4.78 is 5.46. The van der Waals surface area contributed by atoms with E-state index >= 15 is 0 Å². The van der Waals surface area contributed by atoms with Gasteiger partial charge in [0.1, 0.15) is 5.82 Å². The van der Waals surface area contributed by atoms with Gasteiger partial charge in [-0.2, -0.15) is 0 Å². The third kappa shape index (κ3) is 3.59. The molecule has 1 aliphatic heterocycles. The second-order valence-corrected chi connectivity index (χ2v) is 6.96. The highest BCUT2D eigenvalue weighted by Crippen LogP contribution is 2.31. The summed E-state index contributed by atoms with van der Waals surface area (Å²) in [4.78, 5) is 20.7. The fraction of sp³-hybridized carbons (Fsp3) is 0.300. The molecule has 3 aromatic rings. The number of carbonyl (C=O) groups is 1. The van der Waals surface area contributed by atoms with Crippen LogP contribution in [0.2, 0.25) is 5.02 Å². The van der Waals surface area contributed by atoms with Crippen LogP contribution < -0.4 is 5.32 Å². The number of carbonyl (C=O) groups excluding carboxylic acids is 1. The van der Waals surface area contributed by atoms with E-state index in [9.17, 15) is 4.79 Å². The van der Waals surface area contributed by atoms with Crippen molar-refractivity contribution in [1.82, 2.24) is 9.97 Å². The number of amides is 1. The van der Waals surface area contributed by atoms with Crippen molar-refractivity contribution < 1.29 is 9.53 Å². The Morgan fingerprint density at radius 2 is 2.08 bits per heavy atom. The van der Waals surface area contributed by atoms with Gasteiger partial charge >= 0.3 is 0 Å². The molecule has 4 rings (SSSR count). The van der Waals surface area contributed by atoms with Crippen molar-refractivity contribution in [1.29, 1.82) is 0 Å². The number of halogens is 1. The average Bonchev–Trinajstić information content (AvgIpc) is 2.88. The van der Waals surface area contributed by atoms with Crippen LogP contribution >= 0.6 is 11.6 Å². The van der Waals surface area contributed by atoms with E-state index in [2.05, 4.69) is 15.3 Å². The molecule has 5 nitrogen and oxygen atoms in total. The van der Waals surface area contributed by atoms with Gasteiger partial charge in [-0.15, -0.1) is 0 Å². The van der Waals surface area contributed by atoms with E-state index in [0.29, 0.717) is 23.1 Å². The lowest BCUT2D eigenvalue weighted by Crippen LogP contribution is -2.23. The molecule has 1 fully saturated rings. The maximum Gasteiger partial charge on any atom is 0.227 e. The number of anilines is 1. The Bertz CT molecular complexity index is 897. The number of benzene rings is 2. The highest BCUT2D eigenvalue weighted by Gasteiger charge is 2.22. The highest BCUT2D eigenvalue weighted by molar-refractivity contribution is 6.31. The minimum Gasteiger partial charge on any atom is -0.381 e. The van der Waals surface area contributed by atoms with Crippen LogP contribution in [0.1, 0.15) is 19.3 Å². The van der Waals surface area contributed by atoms with Crippen molar-refractivity contribution in [3.05, 3.63) is 47.5 Å². The molecule has 0 spiro atoms. The average molecular weight is 370 g/mol. The van der Waals surface area contributed by atoms with E-state index in [0.717, 1.165) is 42.5 Å². The number of fused-ring (bicyclic) bond motifs is 1. The number of imidazole rings is 1. The molecule has 6 heteroatoms. The number of aromatic nitrogens is 2. The Morgan fingerprint density at radius 3 is 2.96 bits per heavy atom. The number of rotatable bonds is 3. The zero-order valence-corrected chi connectivity index (χ0v) is 15.1. The van der Waals surface area contributed by atoms with E-state index in [-0.39, 0.29) is 11.8 Å². The molecule has 1 saturated heterocycles. The van der Waals surface area contributed by atoms with Gasteiger partial charge in [-0.25, -0.2) is 4.98 Å². The quantitative estimate of drug-likeness (QED) is 0.706. The van der Waals surface area contributed by atoms with Crippen molar-refractivity contribution in [2.24, 2.45) is 5.92 Å². The van der Waals surface area contributed by atoms with Crippen LogP contribution in [0.5, 0.6) is 0 Å². The molecule has 2 aromatic carbocycles. The van der Waals surface area contributed by atoms with Gasteiger partial charge in [0.2, 0.25) is 5.91 Å². The Labute approximate surface area is 156 Å². The maximum atomic E-state index is 12.7. The Morgan fingerprint density at radius 1 is 1.19 bits per heavy atom. The predicted octanol–water partition coefficient (Wildman–Crippen LogP) is 4.64. The van der Waals surface area contributed by atoms with Gasteiger partial charge in [0, 0.05) is 29.7 Å². The normalized spacial score (nSPS) is 17.8. The van der Waals surface area contributed by atoms with Crippen molar-refractivity contribution >= 4 is 34.2 Å². The molecule has 2 N–H and O–H groups in total. The summed E-state index contributed by atoms with van der Waals surface area (Å²) in [5.41, 5.74) is 3.32. The van der Waals surface area contributed by atoms with Gasteiger partial charge in [0.05, 0.1) is 16.7 Å². The summed E-state index contributed by atoms with van der Waals surface area (Å²) in [6, 6.07) is 13.3. The van der Waals surface area contributed by atoms with Gasteiger partial charge in [-0.1, -0.05) is 23.7 Å². The van der Waals surface area contributed by atoms with E-state index < -0.39 is 0 Å². The number of para-hydroxylation sites is 2. The third-order valence-corrected chi connectivity index (χ3v) is 4.94. The summed E-state index contributed by atoms with van der Waals surface area (Å²) >= 11 is 6.20. The standard InChI is InChI=1S/C20H20ClN3O2/c21-14-7-8-16(24-20(25)13-4-3-10-26-11-9-13)15(12-14)19-22-17-5-1-2-6-18(17)23-19/h1-2,5-8,12-13H,3-4,9-11H2,(H,22,23)(H,24,25). The summed E-state index contributed by atoms with van der Waals surface area (Å²) in [5, 5.41) is 3.66. The van der Waals surface area contributed by atoms with Crippen LogP contribution in [0.15, 0.2) is 42.5 Å². The molecule has 26 heavy (non-hydrogen) atoms. The van der Waals surface area contributed by atoms with Crippen molar-refractivity contribution in [2.75, 3.05) is 18.5 Å². The lowest BCUT2D eigenvalue weighted by molar-refractivity contribution is -0.120. The predicted molar refractivity (Wildman–Crippen MR) is 103 cm³/mol. The van der Waals surface area contributed by atoms with Crippen molar-refractivity contribution in [2.45, 2.75) is 19.3 Å². The Hall–Kier alpha value is -2.37. The van der Waals surface area contributed by atoms with Gasteiger partial charge in [0.25, 0.3) is 0 Å². The van der Waals surface area contributed by atoms with Gasteiger partial charge in [-0.3, -0.25) is 4.79 Å².